The highest BCUT2D eigenvalue weighted by Gasteiger charge is 2.52. The first-order valence-electron chi connectivity index (χ1n) is 8.15. The van der Waals surface area contributed by atoms with Gasteiger partial charge in [0.05, 0.1) is 11.2 Å². The lowest BCUT2D eigenvalue weighted by Gasteiger charge is -2.32. The van der Waals surface area contributed by atoms with Gasteiger partial charge in [-0.15, -0.1) is 0 Å². The molecule has 1 aromatic carbocycles. The average molecular weight is 316 g/mol. The van der Waals surface area contributed by atoms with Gasteiger partial charge in [-0.05, 0) is 51.8 Å². The molecule has 0 unspecified atom stereocenters. The molecule has 1 aliphatic heterocycles. The number of likely N-dealkylation sites (N-methyl/N-ethyl adjacent to an activating group) is 1. The van der Waals surface area contributed by atoms with Crippen molar-refractivity contribution in [3.05, 3.63) is 35.3 Å². The van der Waals surface area contributed by atoms with Gasteiger partial charge in [0.25, 0.3) is 0 Å². The van der Waals surface area contributed by atoms with Crippen LogP contribution in [0.25, 0.3) is 6.08 Å². The highest BCUT2D eigenvalue weighted by Crippen LogP contribution is 2.39. The van der Waals surface area contributed by atoms with Crippen LogP contribution in [0.4, 0.5) is 5.69 Å². The average Bonchev–Trinajstić information content (AvgIpc) is 2.67. The molecule has 23 heavy (non-hydrogen) atoms. The Morgan fingerprint density at radius 1 is 1.13 bits per heavy atom. The zero-order chi connectivity index (χ0) is 17.3. The summed E-state index contributed by atoms with van der Waals surface area (Å²) in [4.78, 5) is 2.12. The zero-order valence-corrected chi connectivity index (χ0v) is 15.4. The molecule has 0 amide bonds. The van der Waals surface area contributed by atoms with Crippen molar-refractivity contribution in [1.82, 2.24) is 5.32 Å². The van der Waals surface area contributed by atoms with Crippen molar-refractivity contribution in [2.45, 2.75) is 38.9 Å². The van der Waals surface area contributed by atoms with E-state index in [9.17, 15) is 0 Å². The molecule has 0 bridgehead atoms. The lowest BCUT2D eigenvalue weighted by Crippen LogP contribution is -2.41. The molecule has 126 valence electrons. The number of hydrogen-bond donors (Lipinski definition) is 1. The van der Waals surface area contributed by atoms with Crippen LogP contribution in [0, 0.1) is 0 Å². The van der Waals surface area contributed by atoms with Crippen molar-refractivity contribution in [2.75, 3.05) is 32.6 Å². The number of benzene rings is 1. The van der Waals surface area contributed by atoms with Crippen LogP contribution in [0.1, 0.15) is 33.3 Å². The van der Waals surface area contributed by atoms with E-state index >= 15 is 0 Å². The Hall–Kier alpha value is -1.30. The molecular weight excluding hydrogens is 287 g/mol. The van der Waals surface area contributed by atoms with Crippen LogP contribution in [0.3, 0.4) is 0 Å². The van der Waals surface area contributed by atoms with Crippen LogP contribution >= 0.6 is 0 Å². The molecule has 0 radical (unpaired) electrons. The van der Waals surface area contributed by atoms with Gasteiger partial charge in [0.1, 0.15) is 0 Å². The van der Waals surface area contributed by atoms with E-state index in [-0.39, 0.29) is 18.3 Å². The van der Waals surface area contributed by atoms with E-state index in [4.69, 9.17) is 9.31 Å². The number of nitrogens with zero attached hydrogens (tertiary/aromatic N) is 1. The molecule has 1 aliphatic rings. The monoisotopic (exact) mass is 316 g/mol. The lowest BCUT2D eigenvalue weighted by molar-refractivity contribution is 0.00578. The van der Waals surface area contributed by atoms with Gasteiger partial charge >= 0.3 is 7.12 Å². The van der Waals surface area contributed by atoms with E-state index in [1.807, 2.05) is 7.05 Å². The van der Waals surface area contributed by atoms with Crippen molar-refractivity contribution in [3.8, 4) is 0 Å². The first-order valence-corrected chi connectivity index (χ1v) is 8.15. The van der Waals surface area contributed by atoms with E-state index in [1.54, 1.807) is 0 Å². The molecular formula is C18H29BN2O2. The predicted octanol–water partition coefficient (Wildman–Crippen LogP) is 2.99. The minimum Gasteiger partial charge on any atom is -0.400 e. The molecule has 0 spiro atoms. The minimum atomic E-state index is -0.331. The summed E-state index contributed by atoms with van der Waals surface area (Å²) in [6.07, 6.45) is 2.17. The fraction of sp³-hybridized carbons (Fsp3) is 0.556. The summed E-state index contributed by atoms with van der Waals surface area (Å²) in [7, 11) is 5.72. The quantitative estimate of drug-likeness (QED) is 0.847. The van der Waals surface area contributed by atoms with Crippen molar-refractivity contribution >= 4 is 18.9 Å². The Morgan fingerprint density at radius 2 is 1.70 bits per heavy atom. The van der Waals surface area contributed by atoms with Gasteiger partial charge in [0.15, 0.2) is 0 Å². The molecule has 1 aromatic rings. The van der Waals surface area contributed by atoms with Crippen molar-refractivity contribution in [1.29, 1.82) is 0 Å². The smallest absolute Gasteiger partial charge is 0.400 e. The number of para-hydroxylation sites is 1. The molecule has 4 nitrogen and oxygen atoms in total. The van der Waals surface area contributed by atoms with Crippen LogP contribution in [0.15, 0.2) is 29.7 Å². The Kier molecular flexibility index (Phi) is 5.24. The Balaban J connectivity index is 2.37. The third-order valence-corrected chi connectivity index (χ3v) is 4.70. The molecule has 0 aliphatic carbocycles. The van der Waals surface area contributed by atoms with Gasteiger partial charge in [-0.1, -0.05) is 24.3 Å². The second-order valence-electron chi connectivity index (χ2n) is 7.29. The maximum absolute atomic E-state index is 6.21. The molecule has 0 atom stereocenters. The maximum atomic E-state index is 6.21. The van der Waals surface area contributed by atoms with E-state index in [1.165, 1.54) is 5.69 Å². The first kappa shape index (κ1) is 18.0. The highest BCUT2D eigenvalue weighted by atomic mass is 16.7. The molecule has 0 aromatic heterocycles. The third-order valence-electron chi connectivity index (χ3n) is 4.70. The SMILES string of the molecule is CNCC(=Cc1ccccc1N(C)C)B1OC(C)(C)C(C)(C)O1. The van der Waals surface area contributed by atoms with E-state index in [2.05, 4.69) is 82.3 Å². The fourth-order valence-electron chi connectivity index (χ4n) is 2.62. The second kappa shape index (κ2) is 6.67. The summed E-state index contributed by atoms with van der Waals surface area (Å²) in [5.74, 6) is 0. The highest BCUT2D eigenvalue weighted by molar-refractivity contribution is 6.56. The molecule has 1 fully saturated rings. The van der Waals surface area contributed by atoms with Crippen LogP contribution < -0.4 is 10.2 Å². The van der Waals surface area contributed by atoms with Crippen LogP contribution in [-0.4, -0.2) is 46.0 Å². The Bertz CT molecular complexity index is 566. The summed E-state index contributed by atoms with van der Waals surface area (Å²) in [5, 5.41) is 3.23. The summed E-state index contributed by atoms with van der Waals surface area (Å²) in [5.41, 5.74) is 2.78. The number of hydrogen-bond acceptors (Lipinski definition) is 4. The van der Waals surface area contributed by atoms with Gasteiger partial charge in [-0.25, -0.2) is 0 Å². The third kappa shape index (κ3) is 3.79. The molecule has 1 N–H and O–H groups in total. The number of nitrogens with one attached hydrogen (secondary N) is 1. The van der Waals surface area contributed by atoms with Crippen molar-refractivity contribution in [3.63, 3.8) is 0 Å². The lowest BCUT2D eigenvalue weighted by atomic mass is 9.77. The Morgan fingerprint density at radius 3 is 2.22 bits per heavy atom. The molecule has 1 saturated heterocycles. The Labute approximate surface area is 141 Å². The summed E-state index contributed by atoms with van der Waals surface area (Å²) < 4.78 is 12.4. The normalized spacial score (nSPS) is 20.0. The molecule has 0 saturated carbocycles. The largest absolute Gasteiger partial charge is 0.491 e. The predicted molar refractivity (Wildman–Crippen MR) is 98.8 cm³/mol. The van der Waals surface area contributed by atoms with Crippen LogP contribution in [0.5, 0.6) is 0 Å². The summed E-state index contributed by atoms with van der Waals surface area (Å²) in [6.45, 7) is 9.05. The molecule has 1 heterocycles. The topological polar surface area (TPSA) is 33.7 Å². The second-order valence-corrected chi connectivity index (χ2v) is 7.29. The van der Waals surface area contributed by atoms with Gasteiger partial charge in [0, 0.05) is 26.3 Å². The van der Waals surface area contributed by atoms with Crippen molar-refractivity contribution < 1.29 is 9.31 Å². The zero-order valence-electron chi connectivity index (χ0n) is 15.4. The van der Waals surface area contributed by atoms with Gasteiger partial charge in [-0.2, -0.15) is 0 Å². The minimum absolute atomic E-state index is 0.328. The van der Waals surface area contributed by atoms with Crippen molar-refractivity contribution in [2.24, 2.45) is 0 Å². The van der Waals surface area contributed by atoms with E-state index in [0.29, 0.717) is 0 Å². The maximum Gasteiger partial charge on any atom is 0.491 e. The van der Waals surface area contributed by atoms with Gasteiger partial charge in [0.2, 0.25) is 0 Å². The van der Waals surface area contributed by atoms with Gasteiger partial charge < -0.3 is 19.5 Å². The van der Waals surface area contributed by atoms with E-state index in [0.717, 1.165) is 17.6 Å². The number of anilines is 1. The summed E-state index contributed by atoms with van der Waals surface area (Å²) in [6, 6.07) is 8.35. The van der Waals surface area contributed by atoms with E-state index < -0.39 is 0 Å². The summed E-state index contributed by atoms with van der Waals surface area (Å²) >= 11 is 0. The molecule has 2 rings (SSSR count). The first-order chi connectivity index (χ1) is 10.7. The van der Waals surface area contributed by atoms with Crippen LogP contribution in [0.2, 0.25) is 0 Å². The standard InChI is InChI=1S/C18H29BN2O2/c1-17(2)18(3,4)23-19(22-17)15(13-20-5)12-14-10-8-9-11-16(14)21(6)7/h8-12,20H,13H2,1-7H3. The fourth-order valence-corrected chi connectivity index (χ4v) is 2.62. The van der Waals surface area contributed by atoms with Crippen LogP contribution in [-0.2, 0) is 9.31 Å². The number of rotatable bonds is 5. The molecule has 5 heteroatoms. The van der Waals surface area contributed by atoms with Gasteiger partial charge in [-0.3, -0.25) is 0 Å².